The molecule has 2 N–H and O–H groups in total. The Balaban J connectivity index is 1.47. The first-order valence-electron chi connectivity index (χ1n) is 10.8. The molecule has 0 aliphatic carbocycles. The van der Waals surface area contributed by atoms with E-state index in [4.69, 9.17) is 16.3 Å². The molecule has 4 rings (SSSR count). The highest BCUT2D eigenvalue weighted by Crippen LogP contribution is 2.26. The van der Waals surface area contributed by atoms with Gasteiger partial charge in [-0.2, -0.15) is 0 Å². The normalized spacial score (nSPS) is 13.1. The number of nitrogens with one attached hydrogen (secondary N) is 1. The molecule has 0 saturated heterocycles. The number of halogens is 1. The molecule has 2 aromatic heterocycles. The smallest absolute Gasteiger partial charge is 0.257 e. The summed E-state index contributed by atoms with van der Waals surface area (Å²) < 4.78 is 7.67. The van der Waals surface area contributed by atoms with Crippen LogP contribution in [0.5, 0.6) is 0 Å². The maximum absolute atomic E-state index is 13.1. The minimum atomic E-state index is -0.752. The van der Waals surface area contributed by atoms with Gasteiger partial charge < -0.3 is 19.7 Å². The highest BCUT2D eigenvalue weighted by molar-refractivity contribution is 7.18. The van der Waals surface area contributed by atoms with Crippen molar-refractivity contribution in [2.45, 2.75) is 32.3 Å². The number of carbonyl (C=O) groups is 1. The Morgan fingerprint density at radius 3 is 2.59 bits per heavy atom. The molecule has 8 heteroatoms. The molecule has 2 aromatic carbocycles. The summed E-state index contributed by atoms with van der Waals surface area (Å²) in [7, 11) is 1.81. The maximum Gasteiger partial charge on any atom is 0.257 e. The first kappa shape index (κ1) is 24.2. The van der Waals surface area contributed by atoms with Crippen molar-refractivity contribution < 1.29 is 14.6 Å². The monoisotopic (exact) mass is 496 g/mol. The van der Waals surface area contributed by atoms with Crippen LogP contribution in [-0.2, 0) is 24.9 Å². The molecular weight excluding hydrogens is 472 g/mol. The highest BCUT2D eigenvalue weighted by Gasteiger charge is 2.19. The zero-order chi connectivity index (χ0) is 24.2. The molecule has 176 valence electrons. The summed E-state index contributed by atoms with van der Waals surface area (Å²) in [6.07, 6.45) is 0.380. The molecule has 0 aliphatic heterocycles. The lowest BCUT2D eigenvalue weighted by Gasteiger charge is -2.19. The largest absolute Gasteiger partial charge is 0.386 e. The number of hydrogen-bond donors (Lipinski definition) is 2. The van der Waals surface area contributed by atoms with Crippen LogP contribution >= 0.6 is 22.9 Å². The number of rotatable bonds is 8. The lowest BCUT2D eigenvalue weighted by Crippen LogP contribution is -2.29. The van der Waals surface area contributed by atoms with E-state index in [2.05, 4.69) is 5.32 Å². The fourth-order valence-corrected chi connectivity index (χ4v) is 4.79. The van der Waals surface area contributed by atoms with Crippen LogP contribution in [-0.4, -0.2) is 21.7 Å². The third-order valence-corrected chi connectivity index (χ3v) is 7.03. The second-order valence-electron chi connectivity index (χ2n) is 8.10. The summed E-state index contributed by atoms with van der Waals surface area (Å²) in [5.41, 5.74) is 1.44. The van der Waals surface area contributed by atoms with E-state index in [1.54, 1.807) is 36.0 Å². The molecule has 0 radical (unpaired) electrons. The SMILES string of the molecule is CC(OCc1cc2c(=O)c(C(=O)NCc3ccc(Cl)cc3)cn(C)c2s1)C(O)c1ccccc1. The molecule has 0 bridgehead atoms. The van der Waals surface area contributed by atoms with Gasteiger partial charge in [-0.15, -0.1) is 11.3 Å². The van der Waals surface area contributed by atoms with Crippen molar-refractivity contribution in [3.63, 3.8) is 0 Å². The summed E-state index contributed by atoms with van der Waals surface area (Å²) in [5.74, 6) is -0.430. The predicted octanol–water partition coefficient (Wildman–Crippen LogP) is 4.82. The standard InChI is InChI=1S/C26H25ClN2O4S/c1-16(23(30)18-6-4-3-5-7-18)33-15-20-12-21-24(31)22(14-29(2)26(21)34-20)25(32)28-13-17-8-10-19(27)11-9-17/h3-12,14,16,23,30H,13,15H2,1-2H3,(H,28,32). The lowest BCUT2D eigenvalue weighted by atomic mass is 10.1. The van der Waals surface area contributed by atoms with E-state index in [1.165, 1.54) is 11.3 Å². The van der Waals surface area contributed by atoms with Gasteiger partial charge in [0.15, 0.2) is 0 Å². The van der Waals surface area contributed by atoms with Gasteiger partial charge in [0.2, 0.25) is 5.43 Å². The molecule has 0 spiro atoms. The third-order valence-electron chi connectivity index (χ3n) is 5.58. The van der Waals surface area contributed by atoms with Gasteiger partial charge in [0.1, 0.15) is 16.5 Å². The quantitative estimate of drug-likeness (QED) is 0.366. The Hall–Kier alpha value is -2.97. The molecule has 34 heavy (non-hydrogen) atoms. The van der Waals surface area contributed by atoms with Crippen molar-refractivity contribution in [2.24, 2.45) is 7.05 Å². The van der Waals surface area contributed by atoms with Crippen LogP contribution in [0.25, 0.3) is 10.2 Å². The Labute approximate surface area is 206 Å². The average Bonchev–Trinajstić information content (AvgIpc) is 3.29. The van der Waals surface area contributed by atoms with Gasteiger partial charge in [0.05, 0.1) is 18.1 Å². The van der Waals surface area contributed by atoms with Crippen LogP contribution in [0, 0.1) is 0 Å². The van der Waals surface area contributed by atoms with E-state index in [0.29, 0.717) is 17.0 Å². The Bertz CT molecular complexity index is 1350. The molecule has 1 amide bonds. The minimum Gasteiger partial charge on any atom is -0.386 e. The zero-order valence-corrected chi connectivity index (χ0v) is 20.4. The third kappa shape index (κ3) is 5.39. The van der Waals surface area contributed by atoms with Crippen molar-refractivity contribution in [1.82, 2.24) is 9.88 Å². The van der Waals surface area contributed by atoms with Crippen molar-refractivity contribution in [1.29, 1.82) is 0 Å². The molecule has 0 aliphatic rings. The number of hydrogen-bond acceptors (Lipinski definition) is 5. The number of carbonyl (C=O) groups excluding carboxylic acids is 1. The van der Waals surface area contributed by atoms with Gasteiger partial charge >= 0.3 is 0 Å². The van der Waals surface area contributed by atoms with Gasteiger partial charge in [-0.1, -0.05) is 54.1 Å². The van der Waals surface area contributed by atoms with Gasteiger partial charge in [-0.25, -0.2) is 0 Å². The van der Waals surface area contributed by atoms with Crippen molar-refractivity contribution in [3.8, 4) is 0 Å². The fraction of sp³-hybridized carbons (Fsp3) is 0.231. The van der Waals surface area contributed by atoms with E-state index in [-0.39, 0.29) is 17.6 Å². The molecule has 6 nitrogen and oxygen atoms in total. The highest BCUT2D eigenvalue weighted by atomic mass is 35.5. The summed E-state index contributed by atoms with van der Waals surface area (Å²) >= 11 is 7.33. The molecular formula is C26H25ClN2O4S. The molecule has 2 unspecified atom stereocenters. The first-order chi connectivity index (χ1) is 16.3. The molecule has 2 heterocycles. The van der Waals surface area contributed by atoms with E-state index in [9.17, 15) is 14.7 Å². The molecule has 4 aromatic rings. The van der Waals surface area contributed by atoms with Crippen LogP contribution in [0.15, 0.2) is 71.7 Å². The van der Waals surface area contributed by atoms with Gasteiger partial charge in [-0.3, -0.25) is 9.59 Å². The molecule has 0 saturated carbocycles. The van der Waals surface area contributed by atoms with Gasteiger partial charge in [0.25, 0.3) is 5.91 Å². The van der Waals surface area contributed by atoms with Gasteiger partial charge in [0, 0.05) is 29.7 Å². The number of nitrogens with zero attached hydrogens (tertiary/aromatic N) is 1. The summed E-state index contributed by atoms with van der Waals surface area (Å²) in [6, 6.07) is 18.3. The maximum atomic E-state index is 13.1. The van der Waals surface area contributed by atoms with Crippen molar-refractivity contribution in [3.05, 3.63) is 104 Å². The molecule has 0 fully saturated rings. The number of aliphatic hydroxyl groups is 1. The van der Waals surface area contributed by atoms with Crippen LogP contribution in [0.2, 0.25) is 5.02 Å². The Morgan fingerprint density at radius 1 is 1.18 bits per heavy atom. The predicted molar refractivity (Wildman–Crippen MR) is 135 cm³/mol. The van der Waals surface area contributed by atoms with E-state index in [1.807, 2.05) is 49.4 Å². The van der Waals surface area contributed by atoms with Crippen molar-refractivity contribution in [2.75, 3.05) is 0 Å². The van der Waals surface area contributed by atoms with Crippen LogP contribution in [0.4, 0.5) is 0 Å². The van der Waals surface area contributed by atoms with Crippen LogP contribution in [0.3, 0.4) is 0 Å². The summed E-state index contributed by atoms with van der Waals surface area (Å²) in [4.78, 5) is 27.4. The average molecular weight is 497 g/mol. The minimum absolute atomic E-state index is 0.0853. The number of fused-ring (bicyclic) bond motifs is 1. The number of amides is 1. The summed E-state index contributed by atoms with van der Waals surface area (Å²) in [5, 5.41) is 14.4. The zero-order valence-electron chi connectivity index (χ0n) is 18.8. The number of aryl methyl sites for hydroxylation is 1. The van der Waals surface area contributed by atoms with Crippen LogP contribution in [0.1, 0.15) is 39.4 Å². The second kappa shape index (κ2) is 10.5. The number of pyridine rings is 1. The fourth-order valence-electron chi connectivity index (χ4n) is 3.65. The van der Waals surface area contributed by atoms with Crippen LogP contribution < -0.4 is 10.7 Å². The number of thiophene rings is 1. The first-order valence-corrected chi connectivity index (χ1v) is 12.0. The lowest BCUT2D eigenvalue weighted by molar-refractivity contribution is -0.0355. The number of ether oxygens (including phenoxy) is 1. The molecule has 2 atom stereocenters. The number of aromatic nitrogens is 1. The Kier molecular flexibility index (Phi) is 7.48. The summed E-state index contributed by atoms with van der Waals surface area (Å²) in [6.45, 7) is 2.36. The van der Waals surface area contributed by atoms with E-state index < -0.39 is 18.1 Å². The van der Waals surface area contributed by atoms with Gasteiger partial charge in [-0.05, 0) is 36.2 Å². The number of benzene rings is 2. The second-order valence-corrected chi connectivity index (χ2v) is 9.65. The van der Waals surface area contributed by atoms with E-state index in [0.717, 1.165) is 20.8 Å². The van der Waals surface area contributed by atoms with E-state index >= 15 is 0 Å². The topological polar surface area (TPSA) is 80.6 Å². The Morgan fingerprint density at radius 2 is 1.88 bits per heavy atom. The number of aliphatic hydroxyl groups excluding tert-OH is 1. The van der Waals surface area contributed by atoms with Crippen molar-refractivity contribution >= 4 is 39.1 Å².